The third-order valence-electron chi connectivity index (χ3n) is 3.99. The molecule has 1 amide bonds. The summed E-state index contributed by atoms with van der Waals surface area (Å²) in [6.45, 7) is 1.81. The van der Waals surface area contributed by atoms with Gasteiger partial charge in [-0.3, -0.25) is 4.79 Å². The van der Waals surface area contributed by atoms with E-state index in [1.807, 2.05) is 6.07 Å². The van der Waals surface area contributed by atoms with Crippen molar-refractivity contribution in [1.29, 1.82) is 0 Å². The van der Waals surface area contributed by atoms with Gasteiger partial charge in [0.15, 0.2) is 11.5 Å². The normalized spacial score (nSPS) is 21.1. The Morgan fingerprint density at radius 1 is 1.38 bits per heavy atom. The summed E-state index contributed by atoms with van der Waals surface area (Å²) in [6, 6.07) is 3.40. The van der Waals surface area contributed by atoms with Gasteiger partial charge in [-0.15, -0.1) is 0 Å². The number of nitrogens with one attached hydrogen (secondary N) is 1. The molecule has 1 aliphatic carbocycles. The lowest BCUT2D eigenvalue weighted by Crippen LogP contribution is -2.38. The molecule has 0 radical (unpaired) electrons. The molecular weight excluding hydrogens is 270 g/mol. The number of amides is 1. The maximum Gasteiger partial charge on any atom is 0.220 e. The van der Waals surface area contributed by atoms with Crippen LogP contribution in [-0.2, 0) is 11.2 Å². The molecule has 0 saturated heterocycles. The van der Waals surface area contributed by atoms with Gasteiger partial charge in [-0.25, -0.2) is 0 Å². The largest absolute Gasteiger partial charge is 0.493 e. The molecule has 1 aromatic rings. The Bertz CT molecular complexity index is 515. The number of ether oxygens (including phenoxy) is 2. The molecule has 2 rings (SSSR count). The number of benzene rings is 1. The van der Waals surface area contributed by atoms with Crippen molar-refractivity contribution in [2.45, 2.75) is 44.8 Å². The highest BCUT2D eigenvalue weighted by atomic mass is 16.5. The highest BCUT2D eigenvalue weighted by molar-refractivity contribution is 5.76. The minimum atomic E-state index is -0.724. The Morgan fingerprint density at radius 2 is 2.14 bits per heavy atom. The number of fused-ring (bicyclic) bond motifs is 1. The highest BCUT2D eigenvalue weighted by Crippen LogP contribution is 2.40. The third-order valence-corrected chi connectivity index (χ3v) is 3.99. The van der Waals surface area contributed by atoms with Crippen LogP contribution < -0.4 is 14.8 Å². The van der Waals surface area contributed by atoms with Crippen LogP contribution in [0.2, 0.25) is 0 Å². The van der Waals surface area contributed by atoms with Crippen LogP contribution in [0.25, 0.3) is 0 Å². The highest BCUT2D eigenvalue weighted by Gasteiger charge is 2.29. The zero-order chi connectivity index (χ0) is 15.4. The van der Waals surface area contributed by atoms with E-state index in [0.717, 1.165) is 30.4 Å². The van der Waals surface area contributed by atoms with Crippen LogP contribution in [0, 0.1) is 0 Å². The van der Waals surface area contributed by atoms with Crippen molar-refractivity contribution < 1.29 is 19.4 Å². The van der Waals surface area contributed by atoms with Crippen molar-refractivity contribution in [3.05, 3.63) is 23.3 Å². The molecule has 1 aliphatic rings. The van der Waals surface area contributed by atoms with Crippen molar-refractivity contribution in [3.63, 3.8) is 0 Å². The number of carbonyl (C=O) groups excluding carboxylic acids is 1. The standard InChI is InChI=1S/C16H23NO4/c1-4-14(18)17-12-7-5-6-11-10(15(12)19)8-9-13(20-2)16(11)21-3/h8-9,12,15,19H,4-7H2,1-3H3,(H,17,18)/t12-,15+/m1/s1. The topological polar surface area (TPSA) is 67.8 Å². The van der Waals surface area contributed by atoms with Gasteiger partial charge in [-0.05, 0) is 30.9 Å². The Balaban J connectivity index is 2.36. The number of hydrogen-bond acceptors (Lipinski definition) is 4. The Morgan fingerprint density at radius 3 is 2.76 bits per heavy atom. The number of aliphatic hydroxyl groups excluding tert-OH is 1. The van der Waals surface area contributed by atoms with Gasteiger partial charge < -0.3 is 19.9 Å². The van der Waals surface area contributed by atoms with Crippen LogP contribution in [0.1, 0.15) is 43.4 Å². The fourth-order valence-electron chi connectivity index (χ4n) is 2.87. The molecular formula is C16H23NO4. The van der Waals surface area contributed by atoms with Crippen LogP contribution in [0.3, 0.4) is 0 Å². The zero-order valence-corrected chi connectivity index (χ0v) is 12.8. The van der Waals surface area contributed by atoms with Gasteiger partial charge in [-0.1, -0.05) is 13.0 Å². The zero-order valence-electron chi connectivity index (χ0n) is 12.8. The quantitative estimate of drug-likeness (QED) is 0.833. The number of rotatable bonds is 4. The minimum Gasteiger partial charge on any atom is -0.493 e. The van der Waals surface area contributed by atoms with Crippen molar-refractivity contribution in [1.82, 2.24) is 5.32 Å². The summed E-state index contributed by atoms with van der Waals surface area (Å²) in [5.41, 5.74) is 1.78. The molecule has 5 heteroatoms. The van der Waals surface area contributed by atoms with Gasteiger partial charge in [0.25, 0.3) is 0 Å². The summed E-state index contributed by atoms with van der Waals surface area (Å²) in [7, 11) is 3.20. The molecule has 2 N–H and O–H groups in total. The molecule has 0 aliphatic heterocycles. The second kappa shape index (κ2) is 6.80. The molecule has 2 atom stereocenters. The van der Waals surface area contributed by atoms with E-state index < -0.39 is 6.10 Å². The van der Waals surface area contributed by atoms with E-state index in [1.165, 1.54) is 0 Å². The lowest BCUT2D eigenvalue weighted by molar-refractivity contribution is -0.122. The first-order valence-corrected chi connectivity index (χ1v) is 7.33. The number of carbonyl (C=O) groups is 1. The summed E-state index contributed by atoms with van der Waals surface area (Å²) in [4.78, 5) is 11.6. The summed E-state index contributed by atoms with van der Waals surface area (Å²) in [5.74, 6) is 1.30. The average Bonchev–Trinajstić information content (AvgIpc) is 2.66. The molecule has 5 nitrogen and oxygen atoms in total. The predicted molar refractivity (Wildman–Crippen MR) is 79.7 cm³/mol. The van der Waals surface area contributed by atoms with Crippen LogP contribution in [0.4, 0.5) is 0 Å². The average molecular weight is 293 g/mol. The number of aliphatic hydroxyl groups is 1. The SMILES string of the molecule is CCC(=O)N[C@@H]1CCCc2c(ccc(OC)c2OC)[C@@H]1O. The van der Waals surface area contributed by atoms with Crippen LogP contribution in [0.5, 0.6) is 11.5 Å². The molecule has 0 saturated carbocycles. The monoisotopic (exact) mass is 293 g/mol. The second-order valence-corrected chi connectivity index (χ2v) is 5.23. The fourth-order valence-corrected chi connectivity index (χ4v) is 2.87. The van der Waals surface area contributed by atoms with E-state index in [4.69, 9.17) is 9.47 Å². The molecule has 0 unspecified atom stereocenters. The smallest absolute Gasteiger partial charge is 0.220 e. The van der Waals surface area contributed by atoms with E-state index in [0.29, 0.717) is 17.9 Å². The molecule has 1 aromatic carbocycles. The lowest BCUT2D eigenvalue weighted by atomic mass is 9.97. The maximum absolute atomic E-state index is 11.6. The first-order chi connectivity index (χ1) is 10.1. The van der Waals surface area contributed by atoms with Crippen molar-refractivity contribution >= 4 is 5.91 Å². The summed E-state index contributed by atoms with van der Waals surface area (Å²) in [6.07, 6.45) is 2.11. The fraction of sp³-hybridized carbons (Fsp3) is 0.562. The maximum atomic E-state index is 11.6. The second-order valence-electron chi connectivity index (χ2n) is 5.23. The van der Waals surface area contributed by atoms with Gasteiger partial charge >= 0.3 is 0 Å². The first kappa shape index (κ1) is 15.6. The van der Waals surface area contributed by atoms with Crippen molar-refractivity contribution in [3.8, 4) is 11.5 Å². The molecule has 0 bridgehead atoms. The van der Waals surface area contributed by atoms with Crippen LogP contribution in [0.15, 0.2) is 12.1 Å². The van der Waals surface area contributed by atoms with E-state index in [9.17, 15) is 9.90 Å². The van der Waals surface area contributed by atoms with Gasteiger partial charge in [0.2, 0.25) is 5.91 Å². The third kappa shape index (κ3) is 3.13. The van der Waals surface area contributed by atoms with Gasteiger partial charge in [0.05, 0.1) is 26.4 Å². The molecule has 0 fully saturated rings. The molecule has 0 aromatic heterocycles. The van der Waals surface area contributed by atoms with E-state index in [1.54, 1.807) is 27.2 Å². The van der Waals surface area contributed by atoms with Gasteiger partial charge in [0.1, 0.15) is 0 Å². The van der Waals surface area contributed by atoms with E-state index in [2.05, 4.69) is 5.32 Å². The van der Waals surface area contributed by atoms with Crippen molar-refractivity contribution in [2.24, 2.45) is 0 Å². The molecule has 0 spiro atoms. The molecule has 0 heterocycles. The molecule has 116 valence electrons. The minimum absolute atomic E-state index is 0.0389. The van der Waals surface area contributed by atoms with Crippen LogP contribution in [-0.4, -0.2) is 31.3 Å². The van der Waals surface area contributed by atoms with E-state index >= 15 is 0 Å². The number of methoxy groups -OCH3 is 2. The van der Waals surface area contributed by atoms with E-state index in [-0.39, 0.29) is 11.9 Å². The number of hydrogen-bond donors (Lipinski definition) is 2. The lowest BCUT2D eigenvalue weighted by Gasteiger charge is -2.24. The Hall–Kier alpha value is -1.75. The van der Waals surface area contributed by atoms with Gasteiger partial charge in [0, 0.05) is 12.0 Å². The van der Waals surface area contributed by atoms with Crippen molar-refractivity contribution in [2.75, 3.05) is 14.2 Å². The van der Waals surface area contributed by atoms with Crippen LogP contribution >= 0.6 is 0 Å². The van der Waals surface area contributed by atoms with Gasteiger partial charge in [-0.2, -0.15) is 0 Å². The molecule has 21 heavy (non-hydrogen) atoms. The Kier molecular flexibility index (Phi) is 5.07. The summed E-state index contributed by atoms with van der Waals surface area (Å²) < 4.78 is 10.8. The first-order valence-electron chi connectivity index (χ1n) is 7.33. The summed E-state index contributed by atoms with van der Waals surface area (Å²) in [5, 5.41) is 13.5. The Labute approximate surface area is 125 Å². The predicted octanol–water partition coefficient (Wildman–Crippen LogP) is 1.97. The summed E-state index contributed by atoms with van der Waals surface area (Å²) >= 11 is 0.